The molecule has 0 unspecified atom stereocenters. The fourth-order valence-electron chi connectivity index (χ4n) is 3.13. The number of nitrogens with zero attached hydrogens (tertiary/aromatic N) is 2. The highest BCUT2D eigenvalue weighted by Crippen LogP contribution is 2.20. The number of aromatic amines is 1. The van der Waals surface area contributed by atoms with E-state index in [4.69, 9.17) is 0 Å². The second-order valence-electron chi connectivity index (χ2n) is 6.29. The van der Waals surface area contributed by atoms with Crippen molar-refractivity contribution in [2.24, 2.45) is 5.92 Å². The molecule has 1 saturated heterocycles. The van der Waals surface area contributed by atoms with Crippen LogP contribution >= 0.6 is 0 Å². The summed E-state index contributed by atoms with van der Waals surface area (Å²) in [6, 6.07) is 6.27. The first-order valence-corrected chi connectivity index (χ1v) is 8.22. The predicted molar refractivity (Wildman–Crippen MR) is 92.0 cm³/mol. The number of hydrogen-bond donors (Lipinski definition) is 2. The summed E-state index contributed by atoms with van der Waals surface area (Å²) in [6.07, 6.45) is 3.53. The number of imidazole rings is 1. The summed E-state index contributed by atoms with van der Waals surface area (Å²) in [7, 11) is 0. The van der Waals surface area contributed by atoms with Gasteiger partial charge in [0.25, 0.3) is 0 Å². The Morgan fingerprint density at radius 1 is 1.48 bits per heavy atom. The lowest BCUT2D eigenvalue weighted by molar-refractivity contribution is -0.126. The van der Waals surface area contributed by atoms with Crippen LogP contribution in [0, 0.1) is 12.8 Å². The first-order valence-electron chi connectivity index (χ1n) is 8.22. The van der Waals surface area contributed by atoms with E-state index in [0.29, 0.717) is 6.54 Å². The minimum atomic E-state index is 0.129. The Kier molecular flexibility index (Phi) is 4.76. The molecule has 1 fully saturated rings. The van der Waals surface area contributed by atoms with Crippen LogP contribution in [-0.2, 0) is 11.3 Å². The molecule has 0 atom stereocenters. The molecule has 0 saturated carbocycles. The number of fused-ring (bicyclic) bond motifs is 1. The molecule has 0 spiro atoms. The van der Waals surface area contributed by atoms with E-state index >= 15 is 0 Å². The maximum Gasteiger partial charge on any atom is 0.223 e. The van der Waals surface area contributed by atoms with Crippen LogP contribution in [0.2, 0.25) is 0 Å². The van der Waals surface area contributed by atoms with Crippen molar-refractivity contribution < 1.29 is 4.79 Å². The summed E-state index contributed by atoms with van der Waals surface area (Å²) < 4.78 is 0. The number of likely N-dealkylation sites (tertiary alicyclic amines) is 1. The van der Waals surface area contributed by atoms with Crippen molar-refractivity contribution in [3.63, 3.8) is 0 Å². The fraction of sp³-hybridized carbons (Fsp3) is 0.444. The van der Waals surface area contributed by atoms with Gasteiger partial charge in [0.15, 0.2) is 0 Å². The van der Waals surface area contributed by atoms with Crippen molar-refractivity contribution in [2.75, 3.05) is 19.6 Å². The zero-order valence-corrected chi connectivity index (χ0v) is 13.6. The first-order chi connectivity index (χ1) is 11.2. The number of piperidine rings is 1. The van der Waals surface area contributed by atoms with Gasteiger partial charge in [0.05, 0.1) is 17.6 Å². The summed E-state index contributed by atoms with van der Waals surface area (Å²) in [6.45, 7) is 8.94. The first kappa shape index (κ1) is 15.7. The van der Waals surface area contributed by atoms with E-state index in [1.807, 2.05) is 0 Å². The highest BCUT2D eigenvalue weighted by atomic mass is 16.1. The average Bonchev–Trinajstić information content (AvgIpc) is 2.94. The molecule has 0 bridgehead atoms. The quantitative estimate of drug-likeness (QED) is 0.833. The minimum absolute atomic E-state index is 0.129. The summed E-state index contributed by atoms with van der Waals surface area (Å²) in [4.78, 5) is 22.4. The van der Waals surface area contributed by atoms with Crippen LogP contribution in [0.5, 0.6) is 0 Å². The molecule has 2 aromatic rings. The smallest absolute Gasteiger partial charge is 0.223 e. The summed E-state index contributed by atoms with van der Waals surface area (Å²) in [5, 5.41) is 2.90. The average molecular weight is 312 g/mol. The minimum Gasteiger partial charge on any atom is -0.352 e. The normalized spacial score (nSPS) is 16.6. The number of hydrogen-bond acceptors (Lipinski definition) is 3. The Hall–Kier alpha value is -2.14. The SMILES string of the molecule is C=CCNC(=O)C1CCN(Cc2nc3ccc(C)cc3[nH]2)CC1. The van der Waals surface area contributed by atoms with Crippen molar-refractivity contribution in [1.29, 1.82) is 0 Å². The van der Waals surface area contributed by atoms with Gasteiger partial charge in [0.1, 0.15) is 5.82 Å². The van der Waals surface area contributed by atoms with Crippen molar-refractivity contribution in [2.45, 2.75) is 26.3 Å². The van der Waals surface area contributed by atoms with Gasteiger partial charge >= 0.3 is 0 Å². The summed E-state index contributed by atoms with van der Waals surface area (Å²) in [5.41, 5.74) is 3.35. The van der Waals surface area contributed by atoms with Gasteiger partial charge < -0.3 is 10.3 Å². The molecule has 1 aromatic heterocycles. The molecular weight excluding hydrogens is 288 g/mol. The molecule has 2 heterocycles. The van der Waals surface area contributed by atoms with Gasteiger partial charge in [-0.1, -0.05) is 12.1 Å². The number of carbonyl (C=O) groups excluding carboxylic acids is 1. The molecule has 3 rings (SSSR count). The predicted octanol–water partition coefficient (Wildman–Crippen LogP) is 2.39. The number of carbonyl (C=O) groups is 1. The zero-order chi connectivity index (χ0) is 16.2. The van der Waals surface area contributed by atoms with Gasteiger partial charge in [-0.05, 0) is 50.6 Å². The van der Waals surface area contributed by atoms with E-state index in [9.17, 15) is 4.79 Å². The monoisotopic (exact) mass is 312 g/mol. The Balaban J connectivity index is 1.55. The van der Waals surface area contributed by atoms with Crippen LogP contribution in [0.3, 0.4) is 0 Å². The van der Waals surface area contributed by atoms with Crippen molar-refractivity contribution >= 4 is 16.9 Å². The fourth-order valence-corrected chi connectivity index (χ4v) is 3.13. The lowest BCUT2D eigenvalue weighted by Gasteiger charge is -2.30. The lowest BCUT2D eigenvalue weighted by Crippen LogP contribution is -2.40. The third kappa shape index (κ3) is 3.79. The van der Waals surface area contributed by atoms with Gasteiger partial charge in [-0.15, -0.1) is 6.58 Å². The van der Waals surface area contributed by atoms with E-state index < -0.39 is 0 Å². The number of rotatable bonds is 5. The molecule has 1 aliphatic rings. The van der Waals surface area contributed by atoms with Crippen LogP contribution in [0.4, 0.5) is 0 Å². The standard InChI is InChI=1S/C18H24N4O/c1-3-8-19-18(23)14-6-9-22(10-7-14)12-17-20-15-5-4-13(2)11-16(15)21-17/h3-5,11,14H,1,6-10,12H2,2H3,(H,19,23)(H,20,21). The highest BCUT2D eigenvalue weighted by molar-refractivity contribution is 5.78. The van der Waals surface area contributed by atoms with Crippen molar-refractivity contribution in [3.05, 3.63) is 42.2 Å². The van der Waals surface area contributed by atoms with Crippen molar-refractivity contribution in [1.82, 2.24) is 20.2 Å². The Morgan fingerprint density at radius 3 is 3.00 bits per heavy atom. The number of amides is 1. The van der Waals surface area contributed by atoms with Crippen LogP contribution in [0.25, 0.3) is 11.0 Å². The number of benzene rings is 1. The Labute approximate surface area is 136 Å². The molecule has 23 heavy (non-hydrogen) atoms. The second kappa shape index (κ2) is 6.96. The number of H-pyrrole nitrogens is 1. The van der Waals surface area contributed by atoms with Gasteiger partial charge in [0.2, 0.25) is 5.91 Å². The number of aromatic nitrogens is 2. The van der Waals surface area contributed by atoms with E-state index in [1.165, 1.54) is 5.56 Å². The van der Waals surface area contributed by atoms with E-state index in [0.717, 1.165) is 49.3 Å². The maximum absolute atomic E-state index is 12.0. The van der Waals surface area contributed by atoms with Gasteiger partial charge in [0, 0.05) is 12.5 Å². The van der Waals surface area contributed by atoms with Crippen LogP contribution in [-0.4, -0.2) is 40.4 Å². The Bertz CT molecular complexity index is 698. The van der Waals surface area contributed by atoms with Gasteiger partial charge in [-0.25, -0.2) is 4.98 Å². The molecule has 0 aliphatic carbocycles. The molecule has 2 N–H and O–H groups in total. The third-order valence-electron chi connectivity index (χ3n) is 4.44. The molecule has 1 amide bonds. The molecule has 122 valence electrons. The second-order valence-corrected chi connectivity index (χ2v) is 6.29. The van der Waals surface area contributed by atoms with Crippen LogP contribution in [0.1, 0.15) is 24.2 Å². The number of aryl methyl sites for hydroxylation is 1. The molecule has 5 heteroatoms. The zero-order valence-electron chi connectivity index (χ0n) is 13.6. The van der Waals surface area contributed by atoms with Crippen LogP contribution in [0.15, 0.2) is 30.9 Å². The summed E-state index contributed by atoms with van der Waals surface area (Å²) >= 11 is 0. The molecule has 0 radical (unpaired) electrons. The van der Waals surface area contributed by atoms with E-state index in [-0.39, 0.29) is 11.8 Å². The lowest BCUT2D eigenvalue weighted by atomic mass is 9.96. The maximum atomic E-state index is 12.0. The number of nitrogens with one attached hydrogen (secondary N) is 2. The highest BCUT2D eigenvalue weighted by Gasteiger charge is 2.25. The van der Waals surface area contributed by atoms with Crippen LogP contribution < -0.4 is 5.32 Å². The molecule has 1 aliphatic heterocycles. The largest absolute Gasteiger partial charge is 0.352 e. The van der Waals surface area contributed by atoms with Crippen molar-refractivity contribution in [3.8, 4) is 0 Å². The van der Waals surface area contributed by atoms with Gasteiger partial charge in [-0.3, -0.25) is 9.69 Å². The molecular formula is C18H24N4O. The molecule has 1 aromatic carbocycles. The van der Waals surface area contributed by atoms with E-state index in [1.54, 1.807) is 6.08 Å². The summed E-state index contributed by atoms with van der Waals surface area (Å²) in [5.74, 6) is 1.29. The third-order valence-corrected chi connectivity index (χ3v) is 4.44. The van der Waals surface area contributed by atoms with E-state index in [2.05, 4.69) is 51.9 Å². The Morgan fingerprint density at radius 2 is 2.26 bits per heavy atom. The molecule has 5 nitrogen and oxygen atoms in total. The topological polar surface area (TPSA) is 61.0 Å². The van der Waals surface area contributed by atoms with Gasteiger partial charge in [-0.2, -0.15) is 0 Å².